The number of sulfone groups is 1. The Balaban J connectivity index is 3.19. The second-order valence-electron chi connectivity index (χ2n) is 2.34. The summed E-state index contributed by atoms with van der Waals surface area (Å²) in [4.78, 5) is 0.146. The van der Waals surface area contributed by atoms with Crippen molar-refractivity contribution < 1.29 is 8.42 Å². The minimum absolute atomic E-state index is 0.146. The monoisotopic (exact) mass is 214 g/mol. The number of rotatable bonds is 2. The summed E-state index contributed by atoms with van der Waals surface area (Å²) in [7, 11) is -3.56. The Kier molecular flexibility index (Phi) is 2.97. The normalized spacial score (nSPS) is 13.2. The highest BCUT2D eigenvalue weighted by molar-refractivity contribution is 7.93. The van der Waals surface area contributed by atoms with Gasteiger partial charge in [-0.05, 0) is 12.1 Å². The van der Waals surface area contributed by atoms with Crippen LogP contribution in [0.1, 0.15) is 0 Å². The predicted molar refractivity (Wildman–Crippen MR) is 52.1 cm³/mol. The van der Waals surface area contributed by atoms with Crippen LogP contribution < -0.4 is 0 Å². The van der Waals surface area contributed by atoms with Gasteiger partial charge in [0.05, 0.1) is 4.90 Å². The first kappa shape index (κ1) is 10.1. The Morgan fingerprint density at radius 2 is 1.85 bits per heavy atom. The van der Waals surface area contributed by atoms with Gasteiger partial charge in [0, 0.05) is 0 Å². The summed E-state index contributed by atoms with van der Waals surface area (Å²) in [6.45, 7) is 0. The molecule has 1 unspecified atom stereocenters. The average molecular weight is 215 g/mol. The highest BCUT2D eigenvalue weighted by atomic mass is 35.5. The minimum atomic E-state index is -3.56. The third kappa shape index (κ3) is 2.03. The average Bonchev–Trinajstić information content (AvgIpc) is 2.18. The third-order valence-electron chi connectivity index (χ3n) is 1.48. The molecule has 0 aromatic heterocycles. The fourth-order valence-electron chi connectivity index (χ4n) is 0.819. The van der Waals surface area contributed by atoms with Crippen molar-refractivity contribution in [2.45, 2.75) is 9.60 Å². The van der Waals surface area contributed by atoms with Gasteiger partial charge in [-0.25, -0.2) is 8.42 Å². The lowest BCUT2D eigenvalue weighted by atomic mass is 10.4. The lowest BCUT2D eigenvalue weighted by molar-refractivity contribution is 0.597. The standard InChI is InChI=1S/C9H7ClO2S/c1-2-9(10)13(11,12)8-6-4-3-5-7-8/h1,3-7,9H. The van der Waals surface area contributed by atoms with Gasteiger partial charge in [-0.3, -0.25) is 0 Å². The Morgan fingerprint density at radius 1 is 1.31 bits per heavy atom. The zero-order chi connectivity index (χ0) is 9.90. The molecule has 1 rings (SSSR count). The zero-order valence-electron chi connectivity index (χ0n) is 6.64. The molecule has 4 heteroatoms. The molecular formula is C9H7ClO2S. The molecule has 0 saturated carbocycles. The van der Waals surface area contributed by atoms with Crippen molar-refractivity contribution in [3.63, 3.8) is 0 Å². The molecule has 0 spiro atoms. The van der Waals surface area contributed by atoms with Gasteiger partial charge in [0.15, 0.2) is 4.71 Å². The van der Waals surface area contributed by atoms with Gasteiger partial charge in [-0.2, -0.15) is 0 Å². The first-order valence-corrected chi connectivity index (χ1v) is 5.46. The highest BCUT2D eigenvalue weighted by Gasteiger charge is 2.22. The van der Waals surface area contributed by atoms with Gasteiger partial charge in [-0.15, -0.1) is 6.42 Å². The van der Waals surface area contributed by atoms with E-state index in [1.807, 2.05) is 5.92 Å². The van der Waals surface area contributed by atoms with Gasteiger partial charge in [0.25, 0.3) is 0 Å². The van der Waals surface area contributed by atoms with Crippen molar-refractivity contribution in [3.05, 3.63) is 30.3 Å². The molecule has 0 bridgehead atoms. The van der Waals surface area contributed by atoms with Gasteiger partial charge in [-0.1, -0.05) is 35.7 Å². The molecule has 0 saturated heterocycles. The lowest BCUT2D eigenvalue weighted by Crippen LogP contribution is -2.12. The largest absolute Gasteiger partial charge is 0.221 e. The Bertz CT molecular complexity index is 417. The maximum atomic E-state index is 11.5. The van der Waals surface area contributed by atoms with Crippen molar-refractivity contribution in [1.82, 2.24) is 0 Å². The molecule has 0 radical (unpaired) electrons. The molecule has 0 fully saturated rings. The van der Waals surface area contributed by atoms with Crippen LogP contribution in [-0.2, 0) is 9.84 Å². The number of hydrogen-bond acceptors (Lipinski definition) is 2. The van der Waals surface area contributed by atoms with Crippen LogP contribution in [0.15, 0.2) is 35.2 Å². The first-order chi connectivity index (χ1) is 6.09. The van der Waals surface area contributed by atoms with E-state index in [0.29, 0.717) is 0 Å². The summed E-state index contributed by atoms with van der Waals surface area (Å²) in [6.07, 6.45) is 4.93. The van der Waals surface area contributed by atoms with E-state index < -0.39 is 14.5 Å². The van der Waals surface area contributed by atoms with E-state index in [0.717, 1.165) is 0 Å². The maximum Gasteiger partial charge on any atom is 0.206 e. The quantitative estimate of drug-likeness (QED) is 0.554. The summed E-state index contributed by atoms with van der Waals surface area (Å²) in [5, 5.41) is 0. The van der Waals surface area contributed by atoms with E-state index in [4.69, 9.17) is 18.0 Å². The van der Waals surface area contributed by atoms with Gasteiger partial charge < -0.3 is 0 Å². The molecule has 2 nitrogen and oxygen atoms in total. The second-order valence-corrected chi connectivity index (χ2v) is 5.07. The Labute approximate surface area is 82.5 Å². The summed E-state index contributed by atoms with van der Waals surface area (Å²) in [5.41, 5.74) is 0. The van der Waals surface area contributed by atoms with Crippen molar-refractivity contribution in [2.75, 3.05) is 0 Å². The first-order valence-electron chi connectivity index (χ1n) is 3.48. The molecule has 1 aromatic rings. The van der Waals surface area contributed by atoms with Crippen LogP contribution in [0.25, 0.3) is 0 Å². The number of hydrogen-bond donors (Lipinski definition) is 0. The molecular weight excluding hydrogens is 208 g/mol. The van der Waals surface area contributed by atoms with E-state index >= 15 is 0 Å². The number of benzene rings is 1. The van der Waals surface area contributed by atoms with E-state index in [1.54, 1.807) is 18.2 Å². The fourth-order valence-corrected chi connectivity index (χ4v) is 2.08. The molecule has 0 aliphatic heterocycles. The summed E-state index contributed by atoms with van der Waals surface area (Å²) in [5.74, 6) is 1.98. The topological polar surface area (TPSA) is 34.1 Å². The smallest absolute Gasteiger partial charge is 0.206 e. The molecule has 0 aliphatic rings. The third-order valence-corrected chi connectivity index (χ3v) is 3.92. The molecule has 0 amide bonds. The molecule has 0 heterocycles. The van der Waals surface area contributed by atoms with Crippen LogP contribution in [0.2, 0.25) is 0 Å². The Morgan fingerprint density at radius 3 is 2.31 bits per heavy atom. The SMILES string of the molecule is C#CC(Cl)S(=O)(=O)c1ccccc1. The van der Waals surface area contributed by atoms with Crippen LogP contribution in [0.4, 0.5) is 0 Å². The summed E-state index contributed by atoms with van der Waals surface area (Å²) < 4.78 is 21.7. The maximum absolute atomic E-state index is 11.5. The van der Waals surface area contributed by atoms with Crippen LogP contribution in [0, 0.1) is 12.3 Å². The molecule has 68 valence electrons. The van der Waals surface area contributed by atoms with E-state index in [-0.39, 0.29) is 4.90 Å². The van der Waals surface area contributed by atoms with Crippen molar-refractivity contribution in [1.29, 1.82) is 0 Å². The van der Waals surface area contributed by atoms with Crippen LogP contribution in [-0.4, -0.2) is 13.1 Å². The molecule has 0 N–H and O–H groups in total. The molecule has 1 aromatic carbocycles. The van der Waals surface area contributed by atoms with E-state index in [2.05, 4.69) is 0 Å². The molecule has 0 aliphatic carbocycles. The zero-order valence-corrected chi connectivity index (χ0v) is 8.22. The highest BCUT2D eigenvalue weighted by Crippen LogP contribution is 2.17. The second kappa shape index (κ2) is 3.82. The van der Waals surface area contributed by atoms with Gasteiger partial charge in [0.1, 0.15) is 0 Å². The van der Waals surface area contributed by atoms with Crippen LogP contribution >= 0.6 is 11.6 Å². The van der Waals surface area contributed by atoms with E-state index in [1.165, 1.54) is 12.1 Å². The van der Waals surface area contributed by atoms with Crippen molar-refractivity contribution >= 4 is 21.4 Å². The van der Waals surface area contributed by atoms with Crippen LogP contribution in [0.3, 0.4) is 0 Å². The number of alkyl halides is 1. The molecule has 1 atom stereocenters. The minimum Gasteiger partial charge on any atom is -0.221 e. The van der Waals surface area contributed by atoms with Crippen molar-refractivity contribution in [3.8, 4) is 12.3 Å². The van der Waals surface area contributed by atoms with Gasteiger partial charge in [0.2, 0.25) is 9.84 Å². The summed E-state index contributed by atoms with van der Waals surface area (Å²) >= 11 is 5.47. The predicted octanol–water partition coefficient (Wildman–Crippen LogP) is 1.66. The molecule has 13 heavy (non-hydrogen) atoms. The fraction of sp³-hybridized carbons (Fsp3) is 0.111. The number of halogens is 1. The lowest BCUT2D eigenvalue weighted by Gasteiger charge is -2.03. The Hall–Kier alpha value is -0.980. The van der Waals surface area contributed by atoms with Crippen molar-refractivity contribution in [2.24, 2.45) is 0 Å². The van der Waals surface area contributed by atoms with Crippen LogP contribution in [0.5, 0.6) is 0 Å². The summed E-state index contributed by atoms with van der Waals surface area (Å²) in [6, 6.07) is 7.88. The number of terminal acetylenes is 1. The van der Waals surface area contributed by atoms with Gasteiger partial charge >= 0.3 is 0 Å². The van der Waals surface area contributed by atoms with E-state index in [9.17, 15) is 8.42 Å².